The van der Waals surface area contributed by atoms with E-state index >= 15 is 0 Å². The number of halogens is 1. The van der Waals surface area contributed by atoms with Crippen molar-refractivity contribution in [2.45, 2.75) is 26.5 Å². The molecular weight excluding hydrogens is 385 g/mol. The number of benzene rings is 2. The van der Waals surface area contributed by atoms with Crippen LogP contribution < -0.4 is 10.2 Å². The van der Waals surface area contributed by atoms with E-state index in [-0.39, 0.29) is 24.2 Å². The van der Waals surface area contributed by atoms with Crippen LogP contribution >= 0.6 is 0 Å². The SMILES string of the molecule is CC(C)[C@H](NC(=O)OCc1ccccc1)C(=O)N1CCN(c2ccc(F)cc2)CC1. The zero-order valence-electron chi connectivity index (χ0n) is 17.4. The Bertz CT molecular complexity index is 835. The van der Waals surface area contributed by atoms with Gasteiger partial charge in [0.25, 0.3) is 0 Å². The number of anilines is 1. The molecule has 2 aromatic carbocycles. The molecule has 1 heterocycles. The van der Waals surface area contributed by atoms with E-state index in [1.165, 1.54) is 12.1 Å². The summed E-state index contributed by atoms with van der Waals surface area (Å²) in [6.45, 7) is 6.34. The molecule has 1 N–H and O–H groups in total. The Balaban J connectivity index is 1.52. The molecule has 30 heavy (non-hydrogen) atoms. The first-order valence-electron chi connectivity index (χ1n) is 10.2. The summed E-state index contributed by atoms with van der Waals surface area (Å²) in [5.74, 6) is -0.449. The molecule has 0 aliphatic carbocycles. The molecular formula is C23H28FN3O3. The molecule has 0 aromatic heterocycles. The number of hydrogen-bond acceptors (Lipinski definition) is 4. The number of amides is 2. The van der Waals surface area contributed by atoms with E-state index in [1.807, 2.05) is 44.2 Å². The maximum absolute atomic E-state index is 13.1. The first kappa shape index (κ1) is 21.6. The average molecular weight is 413 g/mol. The van der Waals surface area contributed by atoms with Crippen molar-refractivity contribution in [3.8, 4) is 0 Å². The number of nitrogens with zero attached hydrogens (tertiary/aromatic N) is 2. The number of hydrogen-bond donors (Lipinski definition) is 1. The number of carbonyl (C=O) groups excluding carboxylic acids is 2. The summed E-state index contributed by atoms with van der Waals surface area (Å²) in [4.78, 5) is 29.2. The zero-order chi connectivity index (χ0) is 21.5. The molecule has 0 unspecified atom stereocenters. The molecule has 1 aliphatic heterocycles. The van der Waals surface area contributed by atoms with E-state index in [0.29, 0.717) is 26.2 Å². The summed E-state index contributed by atoms with van der Waals surface area (Å²) in [6.07, 6.45) is -0.601. The number of rotatable bonds is 6. The molecule has 0 spiro atoms. The molecule has 7 heteroatoms. The summed E-state index contributed by atoms with van der Waals surface area (Å²) >= 11 is 0. The van der Waals surface area contributed by atoms with Crippen LogP contribution in [0.4, 0.5) is 14.9 Å². The molecule has 0 bridgehead atoms. The third-order valence-corrected chi connectivity index (χ3v) is 5.20. The molecule has 1 fully saturated rings. The largest absolute Gasteiger partial charge is 0.445 e. The summed E-state index contributed by atoms with van der Waals surface area (Å²) in [5.41, 5.74) is 1.82. The van der Waals surface area contributed by atoms with Gasteiger partial charge in [-0.15, -0.1) is 0 Å². The first-order valence-corrected chi connectivity index (χ1v) is 10.2. The van der Waals surface area contributed by atoms with Crippen LogP contribution in [0.3, 0.4) is 0 Å². The molecule has 2 aromatic rings. The van der Waals surface area contributed by atoms with Crippen molar-refractivity contribution >= 4 is 17.7 Å². The summed E-state index contributed by atoms with van der Waals surface area (Å²) in [7, 11) is 0. The third-order valence-electron chi connectivity index (χ3n) is 5.20. The number of piperazine rings is 1. The lowest BCUT2D eigenvalue weighted by Gasteiger charge is -2.38. The Morgan fingerprint density at radius 3 is 2.23 bits per heavy atom. The Hall–Kier alpha value is -3.09. The third kappa shape index (κ3) is 5.72. The minimum absolute atomic E-state index is 0.0723. The summed E-state index contributed by atoms with van der Waals surface area (Å²) < 4.78 is 18.4. The highest BCUT2D eigenvalue weighted by molar-refractivity contribution is 5.86. The van der Waals surface area contributed by atoms with E-state index in [1.54, 1.807) is 17.0 Å². The lowest BCUT2D eigenvalue weighted by Crippen LogP contribution is -2.56. The number of carbonyl (C=O) groups is 2. The van der Waals surface area contributed by atoms with Crippen LogP contribution in [0.5, 0.6) is 0 Å². The average Bonchev–Trinajstić information content (AvgIpc) is 2.77. The van der Waals surface area contributed by atoms with Crippen molar-refractivity contribution in [2.75, 3.05) is 31.1 Å². The minimum Gasteiger partial charge on any atom is -0.445 e. The zero-order valence-corrected chi connectivity index (χ0v) is 17.4. The van der Waals surface area contributed by atoms with Gasteiger partial charge in [0.15, 0.2) is 0 Å². The van der Waals surface area contributed by atoms with Crippen molar-refractivity contribution in [1.82, 2.24) is 10.2 Å². The van der Waals surface area contributed by atoms with Gasteiger partial charge in [-0.3, -0.25) is 4.79 Å². The molecule has 1 aliphatic rings. The Morgan fingerprint density at radius 1 is 1.00 bits per heavy atom. The second-order valence-electron chi connectivity index (χ2n) is 7.72. The van der Waals surface area contributed by atoms with Crippen molar-refractivity contribution in [3.05, 3.63) is 66.0 Å². The van der Waals surface area contributed by atoms with E-state index in [2.05, 4.69) is 10.2 Å². The van der Waals surface area contributed by atoms with Gasteiger partial charge in [0, 0.05) is 31.9 Å². The smallest absolute Gasteiger partial charge is 0.408 e. The quantitative estimate of drug-likeness (QED) is 0.788. The fourth-order valence-electron chi connectivity index (χ4n) is 3.44. The minimum atomic E-state index is -0.648. The lowest BCUT2D eigenvalue weighted by atomic mass is 10.0. The van der Waals surface area contributed by atoms with Crippen LogP contribution in [-0.2, 0) is 16.1 Å². The van der Waals surface area contributed by atoms with Crippen molar-refractivity contribution in [3.63, 3.8) is 0 Å². The second kappa shape index (κ2) is 10.1. The van der Waals surface area contributed by atoms with Crippen LogP contribution in [-0.4, -0.2) is 49.1 Å². The number of nitrogens with one attached hydrogen (secondary N) is 1. The van der Waals surface area contributed by atoms with E-state index < -0.39 is 12.1 Å². The number of ether oxygens (including phenoxy) is 1. The Labute approximate surface area is 176 Å². The van der Waals surface area contributed by atoms with Gasteiger partial charge < -0.3 is 19.9 Å². The molecule has 1 saturated heterocycles. The van der Waals surface area contributed by atoms with Crippen LogP contribution in [0, 0.1) is 11.7 Å². The molecule has 6 nitrogen and oxygen atoms in total. The topological polar surface area (TPSA) is 61.9 Å². The highest BCUT2D eigenvalue weighted by Crippen LogP contribution is 2.18. The molecule has 160 valence electrons. The second-order valence-corrected chi connectivity index (χ2v) is 7.72. The normalized spacial score (nSPS) is 15.1. The predicted molar refractivity (Wildman–Crippen MR) is 114 cm³/mol. The van der Waals surface area contributed by atoms with Crippen molar-refractivity contribution in [2.24, 2.45) is 5.92 Å². The highest BCUT2D eigenvalue weighted by Gasteiger charge is 2.31. The van der Waals surface area contributed by atoms with Gasteiger partial charge in [-0.2, -0.15) is 0 Å². The maximum Gasteiger partial charge on any atom is 0.408 e. The monoisotopic (exact) mass is 413 g/mol. The molecule has 3 rings (SSSR count). The Kier molecular flexibility index (Phi) is 7.27. The maximum atomic E-state index is 13.1. The fourth-order valence-corrected chi connectivity index (χ4v) is 3.44. The standard InChI is InChI=1S/C23H28FN3O3/c1-17(2)21(25-23(29)30-16-18-6-4-3-5-7-18)22(28)27-14-12-26(13-15-27)20-10-8-19(24)9-11-20/h3-11,17,21H,12-16H2,1-2H3,(H,25,29)/t21-/m0/s1. The van der Waals surface area contributed by atoms with Gasteiger partial charge in [0.2, 0.25) is 5.91 Å². The molecule has 1 atom stereocenters. The predicted octanol–water partition coefficient (Wildman–Crippen LogP) is 3.43. The highest BCUT2D eigenvalue weighted by atomic mass is 19.1. The summed E-state index contributed by atoms with van der Waals surface area (Å²) in [6, 6.07) is 15.1. The van der Waals surface area contributed by atoms with Gasteiger partial charge >= 0.3 is 6.09 Å². The number of alkyl carbamates (subject to hydrolysis) is 1. The van der Waals surface area contributed by atoms with Gasteiger partial charge in [-0.05, 0) is 35.7 Å². The van der Waals surface area contributed by atoms with Gasteiger partial charge in [-0.25, -0.2) is 9.18 Å². The van der Waals surface area contributed by atoms with E-state index in [0.717, 1.165) is 11.3 Å². The molecule has 2 amide bonds. The molecule has 0 saturated carbocycles. The van der Waals surface area contributed by atoms with Crippen LogP contribution in [0.25, 0.3) is 0 Å². The van der Waals surface area contributed by atoms with Crippen LogP contribution in [0.2, 0.25) is 0 Å². The fraction of sp³-hybridized carbons (Fsp3) is 0.391. The van der Waals surface area contributed by atoms with E-state index in [4.69, 9.17) is 4.74 Å². The first-order chi connectivity index (χ1) is 14.4. The van der Waals surface area contributed by atoms with Crippen molar-refractivity contribution < 1.29 is 18.7 Å². The summed E-state index contributed by atoms with van der Waals surface area (Å²) in [5, 5.41) is 2.73. The molecule has 0 radical (unpaired) electrons. The lowest BCUT2D eigenvalue weighted by molar-refractivity contribution is -0.134. The Morgan fingerprint density at radius 2 is 1.63 bits per heavy atom. The van der Waals surface area contributed by atoms with E-state index in [9.17, 15) is 14.0 Å². The van der Waals surface area contributed by atoms with Crippen molar-refractivity contribution in [1.29, 1.82) is 0 Å². The van der Waals surface area contributed by atoms with Gasteiger partial charge in [0.1, 0.15) is 18.5 Å². The van der Waals surface area contributed by atoms with Gasteiger partial charge in [-0.1, -0.05) is 44.2 Å². The van der Waals surface area contributed by atoms with Crippen LogP contribution in [0.1, 0.15) is 19.4 Å². The van der Waals surface area contributed by atoms with Gasteiger partial charge in [0.05, 0.1) is 0 Å². The van der Waals surface area contributed by atoms with Crippen LogP contribution in [0.15, 0.2) is 54.6 Å².